The molecule has 0 bridgehead atoms. The van der Waals surface area contributed by atoms with E-state index in [0.717, 1.165) is 5.56 Å². The zero-order valence-corrected chi connectivity index (χ0v) is 21.3. The Morgan fingerprint density at radius 3 is 2.22 bits per heavy atom. The molecule has 0 N–H and O–H groups in total. The zero-order chi connectivity index (χ0) is 26.8. The van der Waals surface area contributed by atoms with E-state index in [9.17, 15) is 17.6 Å². The van der Waals surface area contributed by atoms with Gasteiger partial charge in [-0.25, -0.2) is 8.78 Å². The van der Waals surface area contributed by atoms with Crippen LogP contribution in [-0.4, -0.2) is 13.2 Å². The van der Waals surface area contributed by atoms with Crippen LogP contribution < -0.4 is 4.74 Å². The van der Waals surface area contributed by atoms with Gasteiger partial charge in [-0.2, -0.15) is 8.78 Å². The SMILES string of the molecule is C=C(OCC)/C(F)=C(/F)C(=C)C(C)CCC(C)COc1ccc(-c2ccc(/C=C/C)cc2)c(F)c1F. The second-order valence-corrected chi connectivity index (χ2v) is 8.77. The Labute approximate surface area is 211 Å². The quantitative estimate of drug-likeness (QED) is 0.154. The number of allylic oxidation sites excluding steroid dienone is 4. The number of hydrogen-bond acceptors (Lipinski definition) is 2. The molecule has 0 aliphatic carbocycles. The number of benzene rings is 2. The van der Waals surface area contributed by atoms with E-state index in [1.807, 2.05) is 38.1 Å². The molecule has 36 heavy (non-hydrogen) atoms. The van der Waals surface area contributed by atoms with E-state index in [4.69, 9.17) is 9.47 Å². The molecule has 2 atom stereocenters. The van der Waals surface area contributed by atoms with Crippen LogP contribution in [0.25, 0.3) is 17.2 Å². The molecule has 6 heteroatoms. The fraction of sp³-hybridized carbons (Fsp3) is 0.333. The van der Waals surface area contributed by atoms with Gasteiger partial charge in [0.25, 0.3) is 0 Å². The molecule has 0 spiro atoms. The Morgan fingerprint density at radius 2 is 1.61 bits per heavy atom. The molecular formula is C30H34F4O2. The van der Waals surface area contributed by atoms with Crippen molar-refractivity contribution in [1.29, 1.82) is 0 Å². The summed E-state index contributed by atoms with van der Waals surface area (Å²) in [5.41, 5.74) is 1.70. The standard InChI is InChI=1S/C30H34F4O2/c1-7-9-23-12-14-24(15-13-23)25-16-17-26(30(34)29(25)33)36-18-19(3)10-11-20(4)21(5)27(31)28(32)22(6)35-8-2/h7,9,12-17,19-20H,5-6,8,10-11,18H2,1-4H3/b9-7+,28-27-. The monoisotopic (exact) mass is 502 g/mol. The summed E-state index contributed by atoms with van der Waals surface area (Å²) < 4.78 is 68.3. The number of rotatable bonds is 13. The molecule has 0 aliphatic rings. The Kier molecular flexibility index (Phi) is 11.0. The van der Waals surface area contributed by atoms with Crippen molar-refractivity contribution in [2.24, 2.45) is 11.8 Å². The van der Waals surface area contributed by atoms with Gasteiger partial charge in [0.2, 0.25) is 5.82 Å². The van der Waals surface area contributed by atoms with Gasteiger partial charge in [-0.3, -0.25) is 0 Å². The second kappa shape index (κ2) is 13.7. The van der Waals surface area contributed by atoms with Crippen LogP contribution >= 0.6 is 0 Å². The maximum Gasteiger partial charge on any atom is 0.201 e. The molecule has 2 rings (SSSR count). The second-order valence-electron chi connectivity index (χ2n) is 8.77. The van der Waals surface area contributed by atoms with Crippen molar-refractivity contribution in [2.75, 3.05) is 13.2 Å². The van der Waals surface area contributed by atoms with Crippen molar-refractivity contribution in [2.45, 2.75) is 40.5 Å². The highest BCUT2D eigenvalue weighted by molar-refractivity contribution is 5.67. The smallest absolute Gasteiger partial charge is 0.201 e. The zero-order valence-electron chi connectivity index (χ0n) is 21.3. The van der Waals surface area contributed by atoms with Crippen molar-refractivity contribution in [3.05, 3.63) is 95.8 Å². The van der Waals surface area contributed by atoms with Gasteiger partial charge in [-0.1, -0.05) is 63.4 Å². The average Bonchev–Trinajstić information content (AvgIpc) is 2.87. The molecule has 0 heterocycles. The fourth-order valence-electron chi connectivity index (χ4n) is 3.57. The van der Waals surface area contributed by atoms with Crippen LogP contribution in [0.4, 0.5) is 17.6 Å². The largest absolute Gasteiger partial charge is 0.491 e. The van der Waals surface area contributed by atoms with Gasteiger partial charge < -0.3 is 9.47 Å². The lowest BCUT2D eigenvalue weighted by atomic mass is 9.92. The Bertz CT molecular complexity index is 1120. The molecule has 0 fully saturated rings. The molecule has 2 unspecified atom stereocenters. The van der Waals surface area contributed by atoms with Crippen LogP contribution in [0.3, 0.4) is 0 Å². The highest BCUT2D eigenvalue weighted by Gasteiger charge is 2.20. The molecule has 2 aromatic rings. The van der Waals surface area contributed by atoms with Crippen molar-refractivity contribution < 1.29 is 27.0 Å². The highest BCUT2D eigenvalue weighted by atomic mass is 19.2. The van der Waals surface area contributed by atoms with Gasteiger partial charge >= 0.3 is 0 Å². The first-order chi connectivity index (χ1) is 17.1. The summed E-state index contributed by atoms with van der Waals surface area (Å²) in [4.78, 5) is 0. The van der Waals surface area contributed by atoms with Crippen molar-refractivity contribution in [3.63, 3.8) is 0 Å². The molecule has 0 aromatic heterocycles. The van der Waals surface area contributed by atoms with Gasteiger partial charge in [0.05, 0.1) is 13.2 Å². The lowest BCUT2D eigenvalue weighted by Crippen LogP contribution is -2.12. The fourth-order valence-corrected chi connectivity index (χ4v) is 3.57. The minimum Gasteiger partial charge on any atom is -0.491 e. The van der Waals surface area contributed by atoms with E-state index in [2.05, 4.69) is 13.2 Å². The summed E-state index contributed by atoms with van der Waals surface area (Å²) in [6.45, 7) is 14.5. The summed E-state index contributed by atoms with van der Waals surface area (Å²) >= 11 is 0. The third kappa shape index (κ3) is 7.61. The number of halogens is 4. The van der Waals surface area contributed by atoms with Gasteiger partial charge in [-0.05, 0) is 67.4 Å². The maximum absolute atomic E-state index is 14.7. The highest BCUT2D eigenvalue weighted by Crippen LogP contribution is 2.32. The number of hydrogen-bond donors (Lipinski definition) is 0. The molecule has 0 radical (unpaired) electrons. The molecule has 0 amide bonds. The van der Waals surface area contributed by atoms with Gasteiger partial charge in [0.1, 0.15) is 0 Å². The van der Waals surface area contributed by atoms with Crippen molar-refractivity contribution >= 4 is 6.08 Å². The molecule has 194 valence electrons. The molecule has 2 aromatic carbocycles. The number of ether oxygens (including phenoxy) is 2. The van der Waals surface area contributed by atoms with Gasteiger partial charge in [-0.15, -0.1) is 0 Å². The summed E-state index contributed by atoms with van der Waals surface area (Å²) in [6.07, 6.45) is 4.91. The van der Waals surface area contributed by atoms with Crippen LogP contribution in [0, 0.1) is 23.5 Å². The summed E-state index contributed by atoms with van der Waals surface area (Å²) in [6, 6.07) is 10.1. The summed E-state index contributed by atoms with van der Waals surface area (Å²) in [7, 11) is 0. The Hall–Kier alpha value is -3.28. The van der Waals surface area contributed by atoms with Gasteiger partial charge in [0.15, 0.2) is 29.0 Å². The predicted molar refractivity (Wildman–Crippen MR) is 139 cm³/mol. The summed E-state index contributed by atoms with van der Waals surface area (Å²) in [5, 5.41) is 0. The van der Waals surface area contributed by atoms with E-state index < -0.39 is 23.3 Å². The van der Waals surface area contributed by atoms with E-state index >= 15 is 0 Å². The lowest BCUT2D eigenvalue weighted by Gasteiger charge is -2.18. The maximum atomic E-state index is 14.7. The Balaban J connectivity index is 1.95. The lowest BCUT2D eigenvalue weighted by molar-refractivity contribution is 0.223. The molecule has 0 saturated carbocycles. The van der Waals surface area contributed by atoms with Crippen LogP contribution in [0.5, 0.6) is 5.75 Å². The van der Waals surface area contributed by atoms with Crippen LogP contribution in [-0.2, 0) is 4.74 Å². The molecular weight excluding hydrogens is 468 g/mol. The van der Waals surface area contributed by atoms with Crippen LogP contribution in [0.15, 0.2) is 78.6 Å². The normalized spacial score (nSPS) is 13.8. The van der Waals surface area contributed by atoms with Gasteiger partial charge in [0, 0.05) is 5.56 Å². The first-order valence-corrected chi connectivity index (χ1v) is 12.0. The molecule has 2 nitrogen and oxygen atoms in total. The minimum atomic E-state index is -1.15. The van der Waals surface area contributed by atoms with E-state index in [1.165, 1.54) is 12.1 Å². The third-order valence-corrected chi connectivity index (χ3v) is 5.88. The summed E-state index contributed by atoms with van der Waals surface area (Å²) in [5.74, 6) is -5.17. The first-order valence-electron chi connectivity index (χ1n) is 12.0. The average molecular weight is 503 g/mol. The topological polar surface area (TPSA) is 18.5 Å². The first kappa shape index (κ1) is 29.0. The van der Waals surface area contributed by atoms with Crippen molar-refractivity contribution in [1.82, 2.24) is 0 Å². The predicted octanol–water partition coefficient (Wildman–Crippen LogP) is 9.35. The van der Waals surface area contributed by atoms with Crippen LogP contribution in [0.1, 0.15) is 46.1 Å². The third-order valence-electron chi connectivity index (χ3n) is 5.88. The van der Waals surface area contributed by atoms with Crippen molar-refractivity contribution in [3.8, 4) is 16.9 Å². The molecule has 0 aliphatic heterocycles. The molecule has 0 saturated heterocycles. The van der Waals surface area contributed by atoms with E-state index in [0.29, 0.717) is 18.4 Å². The minimum absolute atomic E-state index is 0.0175. The Morgan fingerprint density at radius 1 is 0.944 bits per heavy atom. The van der Waals surface area contributed by atoms with Crippen LogP contribution in [0.2, 0.25) is 0 Å². The van der Waals surface area contributed by atoms with E-state index in [1.54, 1.807) is 26.0 Å². The van der Waals surface area contributed by atoms with E-state index in [-0.39, 0.29) is 47.7 Å².